The highest BCUT2D eigenvalue weighted by molar-refractivity contribution is 6.06. The molecule has 0 spiro atoms. The summed E-state index contributed by atoms with van der Waals surface area (Å²) < 4.78 is 6.52. The molecule has 0 unspecified atom stereocenters. The molecule has 0 saturated carbocycles. The van der Waals surface area contributed by atoms with Crippen molar-refractivity contribution in [1.29, 1.82) is 0 Å². The quantitative estimate of drug-likeness (QED) is 0.166. The van der Waals surface area contributed by atoms with E-state index in [9.17, 15) is 0 Å². The summed E-state index contributed by atoms with van der Waals surface area (Å²) in [7, 11) is 0. The number of nitrogens with zero attached hydrogens (tertiary/aromatic N) is 3. The van der Waals surface area contributed by atoms with Gasteiger partial charge in [0, 0.05) is 27.5 Å². The first-order chi connectivity index (χ1) is 27.2. The molecule has 0 saturated heterocycles. The lowest BCUT2D eigenvalue weighted by Gasteiger charge is -2.09. The second kappa shape index (κ2) is 13.8. The topological polar surface area (TPSA) is 51.8 Å². The maximum atomic E-state index is 6.52. The van der Waals surface area contributed by atoms with Gasteiger partial charge in [-0.3, -0.25) is 0 Å². The Kier molecular flexibility index (Phi) is 8.12. The monoisotopic (exact) mass is 703 g/mol. The van der Waals surface area contributed by atoms with Crippen LogP contribution in [0.15, 0.2) is 205 Å². The molecule has 0 atom stereocenters. The summed E-state index contributed by atoms with van der Waals surface area (Å²) in [4.78, 5) is 15.0. The molecule has 8 aromatic carbocycles. The Bertz CT molecular complexity index is 2920. The van der Waals surface area contributed by atoms with Crippen molar-refractivity contribution in [2.45, 2.75) is 0 Å². The summed E-state index contributed by atoms with van der Waals surface area (Å²) in [5.74, 6) is 1.82. The normalized spacial score (nSPS) is 11.3. The van der Waals surface area contributed by atoms with Gasteiger partial charge < -0.3 is 4.42 Å². The molecule has 0 amide bonds. The molecular weight excluding hydrogens is 671 g/mol. The van der Waals surface area contributed by atoms with Crippen LogP contribution in [-0.4, -0.2) is 15.0 Å². The Morgan fingerprint density at radius 3 is 0.945 bits per heavy atom. The van der Waals surface area contributed by atoms with Gasteiger partial charge >= 0.3 is 0 Å². The average molecular weight is 704 g/mol. The highest BCUT2D eigenvalue weighted by atomic mass is 16.3. The van der Waals surface area contributed by atoms with E-state index in [0.29, 0.717) is 17.5 Å². The summed E-state index contributed by atoms with van der Waals surface area (Å²) in [6.07, 6.45) is 0. The molecule has 0 aliphatic carbocycles. The van der Waals surface area contributed by atoms with E-state index in [-0.39, 0.29) is 0 Å². The predicted molar refractivity (Wildman–Crippen MR) is 225 cm³/mol. The number of aromatic nitrogens is 3. The van der Waals surface area contributed by atoms with Crippen molar-refractivity contribution in [2.24, 2.45) is 0 Å². The van der Waals surface area contributed by atoms with Gasteiger partial charge in [-0.15, -0.1) is 0 Å². The third-order valence-electron chi connectivity index (χ3n) is 10.2. The summed E-state index contributed by atoms with van der Waals surface area (Å²) in [5, 5.41) is 2.12. The molecule has 0 N–H and O–H groups in total. The number of benzene rings is 8. The van der Waals surface area contributed by atoms with Gasteiger partial charge in [-0.2, -0.15) is 0 Å². The van der Waals surface area contributed by atoms with Gasteiger partial charge in [0.05, 0.1) is 0 Å². The van der Waals surface area contributed by atoms with Crippen LogP contribution in [0.3, 0.4) is 0 Å². The predicted octanol–water partition coefficient (Wildman–Crippen LogP) is 13.4. The molecule has 4 heteroatoms. The Hall–Kier alpha value is -7.43. The van der Waals surface area contributed by atoms with E-state index in [1.807, 2.05) is 48.5 Å². The fourth-order valence-corrected chi connectivity index (χ4v) is 7.23. The molecule has 2 aromatic heterocycles. The summed E-state index contributed by atoms with van der Waals surface area (Å²) in [5.41, 5.74) is 13.7. The first-order valence-electron chi connectivity index (χ1n) is 18.4. The summed E-state index contributed by atoms with van der Waals surface area (Å²) in [6, 6.07) is 69.4. The lowest BCUT2D eigenvalue weighted by atomic mass is 9.99. The fourth-order valence-electron chi connectivity index (χ4n) is 7.23. The minimum atomic E-state index is 0.589. The van der Waals surface area contributed by atoms with Gasteiger partial charge in [-0.05, 0) is 68.8 Å². The largest absolute Gasteiger partial charge is 0.456 e. The zero-order chi connectivity index (χ0) is 36.6. The number of hydrogen-bond acceptors (Lipinski definition) is 4. The highest BCUT2D eigenvalue weighted by Crippen LogP contribution is 2.36. The third-order valence-corrected chi connectivity index (χ3v) is 10.2. The van der Waals surface area contributed by atoms with E-state index >= 15 is 0 Å². The van der Waals surface area contributed by atoms with Crippen LogP contribution in [0.5, 0.6) is 0 Å². The zero-order valence-electron chi connectivity index (χ0n) is 29.8. The van der Waals surface area contributed by atoms with Crippen molar-refractivity contribution in [2.75, 3.05) is 0 Å². The van der Waals surface area contributed by atoms with Crippen molar-refractivity contribution < 1.29 is 4.42 Å². The van der Waals surface area contributed by atoms with Crippen molar-refractivity contribution in [3.63, 3.8) is 0 Å². The van der Waals surface area contributed by atoms with Gasteiger partial charge in [0.25, 0.3) is 0 Å². The van der Waals surface area contributed by atoms with E-state index in [1.54, 1.807) is 0 Å². The van der Waals surface area contributed by atoms with Crippen LogP contribution in [0.25, 0.3) is 101 Å². The van der Waals surface area contributed by atoms with E-state index in [1.165, 1.54) is 22.3 Å². The van der Waals surface area contributed by atoms with Crippen LogP contribution in [0.2, 0.25) is 0 Å². The maximum Gasteiger partial charge on any atom is 0.164 e. The molecule has 258 valence electrons. The van der Waals surface area contributed by atoms with Gasteiger partial charge in [-0.1, -0.05) is 176 Å². The fraction of sp³-hybridized carbons (Fsp3) is 0. The molecular formula is C51H33N3O. The Balaban J connectivity index is 0.979. The number of rotatable bonds is 7. The minimum absolute atomic E-state index is 0.589. The second-order valence-electron chi connectivity index (χ2n) is 13.7. The molecule has 10 rings (SSSR count). The van der Waals surface area contributed by atoms with Crippen molar-refractivity contribution in [3.05, 3.63) is 200 Å². The Morgan fingerprint density at radius 2 is 0.509 bits per heavy atom. The number of furan rings is 1. The first kappa shape index (κ1) is 32.2. The molecule has 0 fully saturated rings. The van der Waals surface area contributed by atoms with Crippen LogP contribution < -0.4 is 0 Å². The molecule has 0 aliphatic rings. The van der Waals surface area contributed by atoms with Gasteiger partial charge in [-0.25, -0.2) is 15.0 Å². The number of fused-ring (bicyclic) bond motifs is 3. The lowest BCUT2D eigenvalue weighted by Crippen LogP contribution is -2.00. The van der Waals surface area contributed by atoms with Crippen molar-refractivity contribution in [3.8, 4) is 78.7 Å². The van der Waals surface area contributed by atoms with Crippen LogP contribution >= 0.6 is 0 Å². The summed E-state index contributed by atoms with van der Waals surface area (Å²) >= 11 is 0. The lowest BCUT2D eigenvalue weighted by molar-refractivity contribution is 0.669. The van der Waals surface area contributed by atoms with E-state index in [4.69, 9.17) is 19.4 Å². The third kappa shape index (κ3) is 6.36. The first-order valence-corrected chi connectivity index (χ1v) is 18.4. The molecule has 4 nitrogen and oxygen atoms in total. The van der Waals surface area contributed by atoms with E-state index in [0.717, 1.165) is 60.9 Å². The molecule has 55 heavy (non-hydrogen) atoms. The molecule has 0 aliphatic heterocycles. The van der Waals surface area contributed by atoms with Crippen molar-refractivity contribution >= 4 is 21.9 Å². The standard InChI is InChI=1S/C51H33N3O/c1-4-10-34(11-5-1)36-16-18-38(19-17-36)39-24-26-42(27-25-39)50-52-49(41-14-8-3-9-15-41)53-51(54-50)44-29-31-46-45-30-28-43(32-47(45)55-48(46)33-44)40-22-20-37(21-23-40)35-12-6-2-7-13-35/h1-33H. The van der Waals surface area contributed by atoms with Crippen LogP contribution in [0.1, 0.15) is 0 Å². The average Bonchev–Trinajstić information content (AvgIpc) is 3.65. The Morgan fingerprint density at radius 1 is 0.236 bits per heavy atom. The van der Waals surface area contributed by atoms with Crippen molar-refractivity contribution in [1.82, 2.24) is 15.0 Å². The summed E-state index contributed by atoms with van der Waals surface area (Å²) in [6.45, 7) is 0. The van der Waals surface area contributed by atoms with Gasteiger partial charge in [0.2, 0.25) is 0 Å². The van der Waals surface area contributed by atoms with Gasteiger partial charge in [0.1, 0.15) is 11.2 Å². The molecule has 0 radical (unpaired) electrons. The van der Waals surface area contributed by atoms with Crippen LogP contribution in [-0.2, 0) is 0 Å². The van der Waals surface area contributed by atoms with Crippen LogP contribution in [0.4, 0.5) is 0 Å². The molecule has 2 heterocycles. The van der Waals surface area contributed by atoms with E-state index in [2.05, 4.69) is 152 Å². The zero-order valence-corrected chi connectivity index (χ0v) is 29.8. The smallest absolute Gasteiger partial charge is 0.164 e. The number of hydrogen-bond donors (Lipinski definition) is 0. The van der Waals surface area contributed by atoms with Gasteiger partial charge in [0.15, 0.2) is 17.5 Å². The molecule has 10 aromatic rings. The maximum absolute atomic E-state index is 6.52. The SMILES string of the molecule is c1ccc(-c2ccc(-c3ccc(-c4nc(-c5ccccc5)nc(-c5ccc6c(c5)oc5cc(-c7ccc(-c8ccccc8)cc7)ccc56)n4)cc3)cc2)cc1. The molecule has 0 bridgehead atoms. The van der Waals surface area contributed by atoms with E-state index < -0.39 is 0 Å². The second-order valence-corrected chi connectivity index (χ2v) is 13.7. The van der Waals surface area contributed by atoms with Crippen LogP contribution in [0, 0.1) is 0 Å². The highest BCUT2D eigenvalue weighted by Gasteiger charge is 2.15. The minimum Gasteiger partial charge on any atom is -0.456 e. The Labute approximate surface area is 319 Å².